The number of nitrogens with one attached hydrogen (secondary N) is 2. The summed E-state index contributed by atoms with van der Waals surface area (Å²) in [5, 5.41) is 5.59. The van der Waals surface area contributed by atoms with Crippen molar-refractivity contribution < 1.29 is 14.0 Å². The predicted molar refractivity (Wildman–Crippen MR) is 92.4 cm³/mol. The molecule has 2 rings (SSSR count). The van der Waals surface area contributed by atoms with E-state index in [0.29, 0.717) is 23.4 Å². The highest BCUT2D eigenvalue weighted by molar-refractivity contribution is 6.04. The Morgan fingerprint density at radius 3 is 2.46 bits per heavy atom. The highest BCUT2D eigenvalue weighted by Crippen LogP contribution is 2.15. The second-order valence-electron chi connectivity index (χ2n) is 5.51. The van der Waals surface area contributed by atoms with E-state index in [1.54, 1.807) is 36.4 Å². The van der Waals surface area contributed by atoms with Crippen molar-refractivity contribution >= 4 is 17.5 Å². The van der Waals surface area contributed by atoms with Gasteiger partial charge in [-0.15, -0.1) is 0 Å². The lowest BCUT2D eigenvalue weighted by Gasteiger charge is -2.11. The van der Waals surface area contributed by atoms with Crippen LogP contribution in [0.15, 0.2) is 48.5 Å². The summed E-state index contributed by atoms with van der Waals surface area (Å²) in [6.07, 6.45) is 2.02. The van der Waals surface area contributed by atoms with Crippen LogP contribution < -0.4 is 10.6 Å². The Morgan fingerprint density at radius 1 is 1.04 bits per heavy atom. The molecule has 0 radical (unpaired) electrons. The Bertz CT molecular complexity index is 699. The molecule has 0 aliphatic rings. The van der Waals surface area contributed by atoms with E-state index >= 15 is 0 Å². The molecule has 24 heavy (non-hydrogen) atoms. The maximum Gasteiger partial charge on any atom is 0.253 e. The fourth-order valence-electron chi connectivity index (χ4n) is 2.25. The molecule has 126 valence electrons. The number of para-hydroxylation sites is 1. The van der Waals surface area contributed by atoms with Crippen LogP contribution in [0.5, 0.6) is 0 Å². The summed E-state index contributed by atoms with van der Waals surface area (Å²) in [7, 11) is 0. The number of carbonyl (C=O) groups is 2. The average Bonchev–Trinajstić information content (AvgIpc) is 2.57. The summed E-state index contributed by atoms with van der Waals surface area (Å²) in [6, 6.07) is 12.7. The third kappa shape index (κ3) is 5.19. The number of carbonyl (C=O) groups excluding carboxylic acids is 2. The molecule has 5 heteroatoms. The molecule has 0 saturated carbocycles. The molecule has 0 bridgehead atoms. The molecule has 0 unspecified atom stereocenters. The van der Waals surface area contributed by atoms with E-state index in [1.807, 2.05) is 0 Å². The fourth-order valence-corrected chi connectivity index (χ4v) is 2.25. The minimum absolute atomic E-state index is 0.117. The van der Waals surface area contributed by atoms with Gasteiger partial charge in [-0.25, -0.2) is 4.39 Å². The zero-order chi connectivity index (χ0) is 17.4. The first-order valence-corrected chi connectivity index (χ1v) is 8.01. The van der Waals surface area contributed by atoms with Crippen molar-refractivity contribution in [1.29, 1.82) is 0 Å². The van der Waals surface area contributed by atoms with Crippen molar-refractivity contribution in [3.8, 4) is 0 Å². The smallest absolute Gasteiger partial charge is 0.253 e. The quantitative estimate of drug-likeness (QED) is 0.764. The van der Waals surface area contributed by atoms with Crippen molar-refractivity contribution in [2.24, 2.45) is 0 Å². The van der Waals surface area contributed by atoms with Crippen LogP contribution in [0.3, 0.4) is 0 Å². The topological polar surface area (TPSA) is 58.2 Å². The molecule has 2 aromatic rings. The third-order valence-corrected chi connectivity index (χ3v) is 3.54. The Hall–Kier alpha value is -2.69. The van der Waals surface area contributed by atoms with Gasteiger partial charge in [0.15, 0.2) is 0 Å². The Kier molecular flexibility index (Phi) is 6.49. The molecule has 0 aromatic heterocycles. The summed E-state index contributed by atoms with van der Waals surface area (Å²) in [6.45, 7) is 2.66. The third-order valence-electron chi connectivity index (χ3n) is 3.54. The molecule has 0 heterocycles. The van der Waals surface area contributed by atoms with Crippen LogP contribution in [-0.2, 0) is 11.2 Å². The predicted octanol–water partition coefficient (Wildman–Crippen LogP) is 3.54. The highest BCUT2D eigenvalue weighted by Gasteiger charge is 2.13. The monoisotopic (exact) mass is 328 g/mol. The van der Waals surface area contributed by atoms with Gasteiger partial charge in [0.1, 0.15) is 5.82 Å². The largest absolute Gasteiger partial charge is 0.352 e. The summed E-state index contributed by atoms with van der Waals surface area (Å²) in [5.41, 5.74) is 1.61. The van der Waals surface area contributed by atoms with Crippen LogP contribution in [-0.4, -0.2) is 18.4 Å². The lowest BCUT2D eigenvalue weighted by Crippen LogP contribution is -2.26. The van der Waals surface area contributed by atoms with Crippen molar-refractivity contribution in [2.45, 2.75) is 26.2 Å². The van der Waals surface area contributed by atoms with Gasteiger partial charge < -0.3 is 10.6 Å². The first-order chi connectivity index (χ1) is 11.6. The lowest BCUT2D eigenvalue weighted by atomic mass is 10.1. The standard InChI is InChI=1S/C19H21FN2O2/c1-2-3-12-21-19(24)16-6-4-5-7-17(16)22-18(23)13-14-8-10-15(20)11-9-14/h4-11H,2-3,12-13H2,1H3,(H,21,24)(H,22,23). The molecule has 0 fully saturated rings. The van der Waals surface area contributed by atoms with Gasteiger partial charge in [0.2, 0.25) is 5.91 Å². The number of amides is 2. The van der Waals surface area contributed by atoms with E-state index in [2.05, 4.69) is 17.6 Å². The second kappa shape index (κ2) is 8.82. The van der Waals surface area contributed by atoms with E-state index in [-0.39, 0.29) is 24.1 Å². The first-order valence-electron chi connectivity index (χ1n) is 8.01. The van der Waals surface area contributed by atoms with E-state index < -0.39 is 0 Å². The van der Waals surface area contributed by atoms with Gasteiger partial charge in [0.25, 0.3) is 5.91 Å². The van der Waals surface area contributed by atoms with Gasteiger partial charge in [0.05, 0.1) is 17.7 Å². The van der Waals surface area contributed by atoms with Gasteiger partial charge >= 0.3 is 0 Å². The molecule has 4 nitrogen and oxygen atoms in total. The molecule has 0 atom stereocenters. The SMILES string of the molecule is CCCCNC(=O)c1ccccc1NC(=O)Cc1ccc(F)cc1. The number of rotatable bonds is 7. The van der Waals surface area contributed by atoms with Gasteiger partial charge in [0, 0.05) is 6.54 Å². The molecule has 2 N–H and O–H groups in total. The van der Waals surface area contributed by atoms with Crippen molar-refractivity contribution in [3.63, 3.8) is 0 Å². The number of hydrogen-bond donors (Lipinski definition) is 2. The minimum Gasteiger partial charge on any atom is -0.352 e. The van der Waals surface area contributed by atoms with Crippen molar-refractivity contribution in [3.05, 3.63) is 65.5 Å². The Balaban J connectivity index is 2.02. The minimum atomic E-state index is -0.340. The molecule has 0 spiro atoms. The first kappa shape index (κ1) is 17.7. The molecule has 0 saturated heterocycles. The number of hydrogen-bond acceptors (Lipinski definition) is 2. The van der Waals surface area contributed by atoms with Gasteiger partial charge in [-0.3, -0.25) is 9.59 Å². The zero-order valence-electron chi connectivity index (χ0n) is 13.6. The summed E-state index contributed by atoms with van der Waals surface area (Å²) in [4.78, 5) is 24.4. The second-order valence-corrected chi connectivity index (χ2v) is 5.51. The number of unbranched alkanes of at least 4 members (excludes halogenated alkanes) is 1. The average molecular weight is 328 g/mol. The highest BCUT2D eigenvalue weighted by atomic mass is 19.1. The van der Waals surface area contributed by atoms with Gasteiger partial charge in [-0.2, -0.15) is 0 Å². The van der Waals surface area contributed by atoms with E-state index in [1.165, 1.54) is 12.1 Å². The zero-order valence-corrected chi connectivity index (χ0v) is 13.6. The van der Waals surface area contributed by atoms with Crippen LogP contribution in [0.4, 0.5) is 10.1 Å². The maximum absolute atomic E-state index is 12.9. The van der Waals surface area contributed by atoms with Gasteiger partial charge in [-0.05, 0) is 36.2 Å². The molecular weight excluding hydrogens is 307 g/mol. The van der Waals surface area contributed by atoms with Crippen molar-refractivity contribution in [2.75, 3.05) is 11.9 Å². The molecule has 0 aliphatic carbocycles. The number of anilines is 1. The van der Waals surface area contributed by atoms with Crippen LogP contribution >= 0.6 is 0 Å². The molecule has 2 amide bonds. The van der Waals surface area contributed by atoms with E-state index in [9.17, 15) is 14.0 Å². The Labute approximate surface area is 141 Å². The van der Waals surface area contributed by atoms with Crippen LogP contribution in [0.25, 0.3) is 0 Å². The molecule has 2 aromatic carbocycles. The van der Waals surface area contributed by atoms with Gasteiger partial charge in [-0.1, -0.05) is 37.6 Å². The number of benzene rings is 2. The summed E-state index contributed by atoms with van der Waals surface area (Å²) >= 11 is 0. The van der Waals surface area contributed by atoms with Crippen LogP contribution in [0.1, 0.15) is 35.7 Å². The Morgan fingerprint density at radius 2 is 1.75 bits per heavy atom. The van der Waals surface area contributed by atoms with E-state index in [0.717, 1.165) is 12.8 Å². The van der Waals surface area contributed by atoms with Crippen LogP contribution in [0.2, 0.25) is 0 Å². The maximum atomic E-state index is 12.9. The van der Waals surface area contributed by atoms with Crippen LogP contribution in [0, 0.1) is 5.82 Å². The van der Waals surface area contributed by atoms with E-state index in [4.69, 9.17) is 0 Å². The molecule has 0 aliphatic heterocycles. The molecular formula is C19H21FN2O2. The van der Waals surface area contributed by atoms with Crippen molar-refractivity contribution in [1.82, 2.24) is 5.32 Å². The lowest BCUT2D eigenvalue weighted by molar-refractivity contribution is -0.115. The normalized spacial score (nSPS) is 10.2. The number of halogens is 1. The summed E-state index contributed by atoms with van der Waals surface area (Å²) < 4.78 is 12.9. The fraction of sp³-hybridized carbons (Fsp3) is 0.263. The summed E-state index contributed by atoms with van der Waals surface area (Å²) in [5.74, 6) is -0.801.